The van der Waals surface area contributed by atoms with Crippen LogP contribution in [0.25, 0.3) is 11.2 Å². The van der Waals surface area contributed by atoms with Crippen molar-refractivity contribution in [2.75, 3.05) is 25.5 Å². The Morgan fingerprint density at radius 2 is 1.73 bits per heavy atom. The lowest BCUT2D eigenvalue weighted by molar-refractivity contribution is -0.145. The van der Waals surface area contributed by atoms with Crippen LogP contribution in [-0.2, 0) is 39.4 Å². The number of hydrogen-bond donors (Lipinski definition) is 2. The Balaban J connectivity index is 1.92. The molecule has 3 atom stereocenters. The van der Waals surface area contributed by atoms with Gasteiger partial charge in [0.15, 0.2) is 11.5 Å². The molecule has 0 aliphatic rings. The van der Waals surface area contributed by atoms with Crippen LogP contribution in [0, 0.1) is 0 Å². The molecule has 0 spiro atoms. The van der Waals surface area contributed by atoms with E-state index in [4.69, 9.17) is 29.2 Å². The van der Waals surface area contributed by atoms with E-state index >= 15 is 0 Å². The minimum absolute atomic E-state index is 0.258. The lowest BCUT2D eigenvalue weighted by Crippen LogP contribution is -2.35. The first kappa shape index (κ1) is 34.4. The Morgan fingerprint density at radius 3 is 2.44 bits per heavy atom. The summed E-state index contributed by atoms with van der Waals surface area (Å²) >= 11 is 0. The summed E-state index contributed by atoms with van der Waals surface area (Å²) in [5, 5.41) is 2.68. The van der Waals surface area contributed by atoms with Crippen LogP contribution in [-0.4, -0.2) is 69.6 Å². The van der Waals surface area contributed by atoms with Crippen LogP contribution in [0.15, 0.2) is 12.7 Å². The Morgan fingerprint density at radius 1 is 1.02 bits per heavy atom. The van der Waals surface area contributed by atoms with Gasteiger partial charge in [0.2, 0.25) is 6.79 Å². The zero-order valence-electron chi connectivity index (χ0n) is 24.7. The maximum absolute atomic E-state index is 13.6. The van der Waals surface area contributed by atoms with Crippen molar-refractivity contribution in [3.05, 3.63) is 12.7 Å². The van der Waals surface area contributed by atoms with E-state index in [1.807, 2.05) is 0 Å². The van der Waals surface area contributed by atoms with Crippen LogP contribution in [0.1, 0.15) is 79.6 Å². The van der Waals surface area contributed by atoms with Gasteiger partial charge in [-0.05, 0) is 34.1 Å². The third-order valence-electron chi connectivity index (χ3n) is 5.92. The van der Waals surface area contributed by atoms with Crippen molar-refractivity contribution < 1.29 is 37.6 Å². The van der Waals surface area contributed by atoms with Crippen molar-refractivity contribution in [2.24, 2.45) is 0 Å². The third kappa shape index (κ3) is 12.7. The number of imidazole rings is 1. The molecular weight excluding hydrogens is 555 g/mol. The lowest BCUT2D eigenvalue weighted by Gasteiger charge is -2.24. The van der Waals surface area contributed by atoms with Gasteiger partial charge in [0.1, 0.15) is 24.2 Å². The molecule has 0 saturated heterocycles. The number of nitrogens with two attached hydrogens (primary N) is 1. The third-order valence-corrected chi connectivity index (χ3v) is 7.71. The van der Waals surface area contributed by atoms with Crippen LogP contribution in [0.4, 0.5) is 10.6 Å². The standard InChI is InChI=1S/C26H45N6O8P/c1-6-7-8-9-10-11-12-13-36-25(33)21(5)31-41(35,39-17-37-26(34)40-19(2)3)18-38-20(4)14-32-16-30-22-23(27)28-15-29-24(22)32/h15-16,19-21H,6-14,17-18H2,1-5H3,(H,31,35)(H2,27,28,29)/t20-,21+,41?/m1/s1. The van der Waals surface area contributed by atoms with E-state index in [0.717, 1.165) is 19.3 Å². The maximum Gasteiger partial charge on any atom is 0.510 e. The molecule has 14 nitrogen and oxygen atoms in total. The number of carbonyl (C=O) groups excluding carboxylic acids is 2. The first-order chi connectivity index (χ1) is 19.5. The van der Waals surface area contributed by atoms with Crippen molar-refractivity contribution >= 4 is 36.6 Å². The predicted octanol–water partition coefficient (Wildman–Crippen LogP) is 4.77. The Kier molecular flexibility index (Phi) is 15.0. The van der Waals surface area contributed by atoms with Crippen molar-refractivity contribution in [3.63, 3.8) is 0 Å². The highest BCUT2D eigenvalue weighted by atomic mass is 31.2. The SMILES string of the molecule is CCCCCCCCCOC(=O)[C@H](C)NP(=O)(CO[C@H](C)Cn1cnc2c(N)ncnc21)OCOC(=O)OC(C)C. The maximum atomic E-state index is 13.6. The molecule has 0 amide bonds. The molecule has 2 aromatic rings. The largest absolute Gasteiger partial charge is 0.510 e. The van der Waals surface area contributed by atoms with Gasteiger partial charge >= 0.3 is 12.1 Å². The zero-order valence-corrected chi connectivity index (χ0v) is 25.6. The van der Waals surface area contributed by atoms with E-state index in [-0.39, 0.29) is 12.4 Å². The number of hydrogen-bond acceptors (Lipinski definition) is 12. The number of unbranched alkanes of at least 4 members (excludes halogenated alkanes) is 6. The Hall–Kier alpha value is -2.80. The van der Waals surface area contributed by atoms with Crippen molar-refractivity contribution in [1.82, 2.24) is 24.6 Å². The average molecular weight is 601 g/mol. The summed E-state index contributed by atoms with van der Waals surface area (Å²) in [5.74, 6) is -0.316. The van der Waals surface area contributed by atoms with Crippen LogP contribution in [0.5, 0.6) is 0 Å². The number of carbonyl (C=O) groups is 2. The average Bonchev–Trinajstić information content (AvgIpc) is 3.32. The molecule has 15 heteroatoms. The number of nitrogens with one attached hydrogen (secondary N) is 1. The molecule has 2 aromatic heterocycles. The second-order valence-electron chi connectivity index (χ2n) is 10.1. The fourth-order valence-corrected chi connectivity index (χ4v) is 5.38. The quantitative estimate of drug-likeness (QED) is 0.0919. The van der Waals surface area contributed by atoms with Gasteiger partial charge in [0.25, 0.3) is 7.52 Å². The number of nitrogens with zero attached hydrogens (tertiary/aromatic N) is 4. The molecule has 0 fully saturated rings. The number of esters is 1. The molecule has 3 N–H and O–H groups in total. The molecule has 1 unspecified atom stereocenters. The van der Waals surface area contributed by atoms with Gasteiger partial charge in [0.05, 0.1) is 31.7 Å². The number of ether oxygens (including phenoxy) is 4. The molecule has 0 aliphatic heterocycles. The lowest BCUT2D eigenvalue weighted by atomic mass is 10.1. The number of nitrogen functional groups attached to an aromatic ring is 1. The monoisotopic (exact) mass is 600 g/mol. The first-order valence-electron chi connectivity index (χ1n) is 14.1. The molecule has 0 aliphatic carbocycles. The number of anilines is 1. The van der Waals surface area contributed by atoms with E-state index in [0.29, 0.717) is 17.7 Å². The molecule has 2 heterocycles. The summed E-state index contributed by atoms with van der Waals surface area (Å²) in [4.78, 5) is 36.6. The van der Waals surface area contributed by atoms with E-state index in [2.05, 4.69) is 27.0 Å². The first-order valence-corrected chi connectivity index (χ1v) is 15.9. The summed E-state index contributed by atoms with van der Waals surface area (Å²) < 4.78 is 41.7. The molecule has 0 aromatic carbocycles. The highest BCUT2D eigenvalue weighted by Gasteiger charge is 2.31. The fourth-order valence-electron chi connectivity index (χ4n) is 3.79. The van der Waals surface area contributed by atoms with Gasteiger partial charge in [-0.3, -0.25) is 13.9 Å². The van der Waals surface area contributed by atoms with Crippen LogP contribution in [0.3, 0.4) is 0 Å². The summed E-state index contributed by atoms with van der Waals surface area (Å²) in [7, 11) is -3.86. The van der Waals surface area contributed by atoms with Crippen molar-refractivity contribution in [3.8, 4) is 0 Å². The van der Waals surface area contributed by atoms with Gasteiger partial charge in [0, 0.05) is 0 Å². The van der Waals surface area contributed by atoms with Gasteiger partial charge in [-0.2, -0.15) is 0 Å². The number of aromatic nitrogens is 4. The van der Waals surface area contributed by atoms with E-state index in [1.54, 1.807) is 31.7 Å². The number of fused-ring (bicyclic) bond motifs is 1. The minimum atomic E-state index is -3.86. The minimum Gasteiger partial charge on any atom is -0.465 e. The molecule has 41 heavy (non-hydrogen) atoms. The smallest absolute Gasteiger partial charge is 0.465 e. The summed E-state index contributed by atoms with van der Waals surface area (Å²) in [5.41, 5.74) is 6.84. The molecule has 0 bridgehead atoms. The second-order valence-corrected chi connectivity index (χ2v) is 12.2. The molecule has 0 radical (unpaired) electrons. The predicted molar refractivity (Wildman–Crippen MR) is 153 cm³/mol. The molecule has 0 saturated carbocycles. The fraction of sp³-hybridized carbons (Fsp3) is 0.731. The zero-order chi connectivity index (χ0) is 30.3. The van der Waals surface area contributed by atoms with Crippen LogP contribution < -0.4 is 10.8 Å². The Labute approximate surface area is 241 Å². The van der Waals surface area contributed by atoms with E-state index < -0.39 is 51.0 Å². The molecular formula is C26H45N6O8P. The van der Waals surface area contributed by atoms with Gasteiger partial charge < -0.3 is 29.2 Å². The molecule has 232 valence electrons. The Bertz CT molecular complexity index is 1130. The van der Waals surface area contributed by atoms with Gasteiger partial charge in [-0.15, -0.1) is 0 Å². The second kappa shape index (κ2) is 17.9. The van der Waals surface area contributed by atoms with Crippen LogP contribution >= 0.6 is 7.52 Å². The van der Waals surface area contributed by atoms with Crippen LogP contribution in [0.2, 0.25) is 0 Å². The highest BCUT2D eigenvalue weighted by Crippen LogP contribution is 2.43. The number of rotatable bonds is 20. The van der Waals surface area contributed by atoms with Crippen molar-refractivity contribution in [2.45, 2.75) is 104 Å². The van der Waals surface area contributed by atoms with Crippen molar-refractivity contribution in [1.29, 1.82) is 0 Å². The topological polar surface area (TPSA) is 179 Å². The summed E-state index contributed by atoms with van der Waals surface area (Å²) in [6.45, 7) is 8.68. The summed E-state index contributed by atoms with van der Waals surface area (Å²) in [6, 6.07) is -0.968. The van der Waals surface area contributed by atoms with Gasteiger partial charge in [-0.1, -0.05) is 45.4 Å². The van der Waals surface area contributed by atoms with E-state index in [9.17, 15) is 14.2 Å². The van der Waals surface area contributed by atoms with Gasteiger partial charge in [-0.25, -0.2) is 24.8 Å². The molecule has 2 rings (SSSR count). The highest BCUT2D eigenvalue weighted by molar-refractivity contribution is 7.56. The van der Waals surface area contributed by atoms with E-state index in [1.165, 1.54) is 38.9 Å². The normalized spacial score (nSPS) is 14.5. The summed E-state index contributed by atoms with van der Waals surface area (Å²) in [6.07, 6.45) is 8.26.